The van der Waals surface area contributed by atoms with E-state index in [4.69, 9.17) is 9.47 Å². The number of hydrogen-bond acceptors (Lipinski definition) is 4. The van der Waals surface area contributed by atoms with Gasteiger partial charge < -0.3 is 19.7 Å². The molecule has 0 saturated carbocycles. The van der Waals surface area contributed by atoms with E-state index in [1.54, 1.807) is 14.2 Å². The summed E-state index contributed by atoms with van der Waals surface area (Å²) < 4.78 is 10.6. The number of hydrogen-bond donors (Lipinski definition) is 1. The first-order valence-corrected chi connectivity index (χ1v) is 7.34. The average Bonchev–Trinajstić information content (AvgIpc) is 2.48. The zero-order valence-corrected chi connectivity index (χ0v) is 12.8. The van der Waals surface area contributed by atoms with Crippen LogP contribution in [-0.4, -0.2) is 46.6 Å². The number of ether oxygens (including phenoxy) is 2. The van der Waals surface area contributed by atoms with Crippen LogP contribution in [0.4, 0.5) is 5.69 Å². The van der Waals surface area contributed by atoms with Crippen molar-refractivity contribution in [1.29, 1.82) is 0 Å². The number of methoxy groups -OCH3 is 2. The predicted octanol–water partition coefficient (Wildman–Crippen LogP) is 1.82. The third kappa shape index (κ3) is 3.51. The minimum atomic E-state index is 0.344. The minimum Gasteiger partial charge on any atom is -0.383 e. The lowest BCUT2D eigenvalue weighted by Crippen LogP contribution is -2.40. The molecule has 0 amide bonds. The molecule has 1 heterocycles. The van der Waals surface area contributed by atoms with Gasteiger partial charge in [-0.05, 0) is 37.1 Å². The van der Waals surface area contributed by atoms with Crippen LogP contribution in [0.3, 0.4) is 0 Å². The van der Waals surface area contributed by atoms with E-state index >= 15 is 0 Å². The van der Waals surface area contributed by atoms with E-state index in [-0.39, 0.29) is 0 Å². The van der Waals surface area contributed by atoms with Crippen LogP contribution in [0, 0.1) is 0 Å². The summed E-state index contributed by atoms with van der Waals surface area (Å²) in [4.78, 5) is 2.41. The molecule has 0 saturated heterocycles. The fraction of sp³-hybridized carbons (Fsp3) is 0.625. The molecule has 4 nitrogen and oxygen atoms in total. The van der Waals surface area contributed by atoms with Crippen molar-refractivity contribution in [2.75, 3.05) is 45.4 Å². The van der Waals surface area contributed by atoms with Crippen molar-refractivity contribution in [3.05, 3.63) is 29.3 Å². The second-order valence-corrected chi connectivity index (χ2v) is 5.33. The Morgan fingerprint density at radius 3 is 2.90 bits per heavy atom. The highest BCUT2D eigenvalue weighted by Gasteiger charge is 2.20. The molecule has 0 aliphatic carbocycles. The van der Waals surface area contributed by atoms with Crippen LogP contribution in [-0.2, 0) is 22.4 Å². The first-order chi connectivity index (χ1) is 9.77. The average molecular weight is 278 g/mol. The number of fused-ring (bicyclic) bond motifs is 1. The Balaban J connectivity index is 2.27. The zero-order valence-electron chi connectivity index (χ0n) is 12.8. The molecule has 1 unspecified atom stereocenters. The van der Waals surface area contributed by atoms with Gasteiger partial charge >= 0.3 is 0 Å². The summed E-state index contributed by atoms with van der Waals surface area (Å²) in [6.07, 6.45) is 1.09. The molecule has 1 aliphatic heterocycles. The summed E-state index contributed by atoms with van der Waals surface area (Å²) in [5, 5.41) is 3.44. The van der Waals surface area contributed by atoms with Crippen molar-refractivity contribution >= 4 is 5.69 Å². The van der Waals surface area contributed by atoms with E-state index in [0.717, 1.165) is 39.3 Å². The summed E-state index contributed by atoms with van der Waals surface area (Å²) in [5.74, 6) is 0. The van der Waals surface area contributed by atoms with Crippen LogP contribution < -0.4 is 10.2 Å². The Morgan fingerprint density at radius 1 is 1.30 bits per heavy atom. The van der Waals surface area contributed by atoms with E-state index in [1.807, 2.05) is 0 Å². The molecule has 0 spiro atoms. The maximum Gasteiger partial charge on any atom is 0.0663 e. The maximum atomic E-state index is 5.34. The van der Waals surface area contributed by atoms with Crippen molar-refractivity contribution in [3.8, 4) is 0 Å². The maximum absolute atomic E-state index is 5.34. The van der Waals surface area contributed by atoms with E-state index < -0.39 is 0 Å². The standard InChI is InChI=1S/C16H26N2O2/c1-13(12-20-3)18(9-10-19-2)16-6-4-5-14-11-17-8-7-15(14)16/h4-6,13,17H,7-12H2,1-3H3. The van der Waals surface area contributed by atoms with Gasteiger partial charge in [0, 0.05) is 39.0 Å². The van der Waals surface area contributed by atoms with Gasteiger partial charge in [-0.3, -0.25) is 0 Å². The Morgan fingerprint density at radius 2 is 2.15 bits per heavy atom. The molecule has 20 heavy (non-hydrogen) atoms. The van der Waals surface area contributed by atoms with Crippen LogP contribution in [0.5, 0.6) is 0 Å². The van der Waals surface area contributed by atoms with Crippen LogP contribution in [0.15, 0.2) is 18.2 Å². The van der Waals surface area contributed by atoms with Gasteiger partial charge in [0.05, 0.1) is 13.2 Å². The Hall–Kier alpha value is -1.10. The summed E-state index contributed by atoms with van der Waals surface area (Å²) in [5.41, 5.74) is 4.23. The second kappa shape index (κ2) is 7.62. The van der Waals surface area contributed by atoms with Crippen molar-refractivity contribution in [2.24, 2.45) is 0 Å². The lowest BCUT2D eigenvalue weighted by Gasteiger charge is -2.34. The SMILES string of the molecule is COCCN(c1cccc2c1CCNC2)C(C)COC. The minimum absolute atomic E-state index is 0.344. The molecule has 2 rings (SSSR count). The molecule has 0 bridgehead atoms. The molecule has 1 aromatic carbocycles. The summed E-state index contributed by atoms with van der Waals surface area (Å²) in [7, 11) is 3.51. The van der Waals surface area contributed by atoms with Gasteiger partial charge in [-0.2, -0.15) is 0 Å². The normalized spacial score (nSPS) is 15.8. The number of nitrogens with one attached hydrogen (secondary N) is 1. The van der Waals surface area contributed by atoms with E-state index in [1.165, 1.54) is 16.8 Å². The van der Waals surface area contributed by atoms with Crippen molar-refractivity contribution < 1.29 is 9.47 Å². The van der Waals surface area contributed by atoms with Crippen molar-refractivity contribution in [2.45, 2.75) is 25.9 Å². The number of anilines is 1. The van der Waals surface area contributed by atoms with Gasteiger partial charge in [0.25, 0.3) is 0 Å². The second-order valence-electron chi connectivity index (χ2n) is 5.33. The summed E-state index contributed by atoms with van der Waals surface area (Å²) in [6.45, 7) is 6.59. The molecular formula is C16H26N2O2. The molecule has 0 radical (unpaired) electrons. The smallest absolute Gasteiger partial charge is 0.0663 e. The first kappa shape index (κ1) is 15.3. The van der Waals surface area contributed by atoms with Gasteiger partial charge in [0.15, 0.2) is 0 Å². The van der Waals surface area contributed by atoms with Gasteiger partial charge in [-0.15, -0.1) is 0 Å². The van der Waals surface area contributed by atoms with Crippen LogP contribution >= 0.6 is 0 Å². The summed E-state index contributed by atoms with van der Waals surface area (Å²) in [6, 6.07) is 6.95. The summed E-state index contributed by atoms with van der Waals surface area (Å²) >= 11 is 0. The quantitative estimate of drug-likeness (QED) is 0.825. The fourth-order valence-electron chi connectivity index (χ4n) is 2.88. The van der Waals surface area contributed by atoms with Crippen LogP contribution in [0.2, 0.25) is 0 Å². The molecule has 0 aromatic heterocycles. The third-order valence-electron chi connectivity index (χ3n) is 3.90. The Labute approximate surface area is 122 Å². The van der Waals surface area contributed by atoms with Crippen molar-refractivity contribution in [3.63, 3.8) is 0 Å². The molecular weight excluding hydrogens is 252 g/mol. The van der Waals surface area contributed by atoms with E-state index in [0.29, 0.717) is 6.04 Å². The molecule has 1 N–H and O–H groups in total. The van der Waals surface area contributed by atoms with Crippen LogP contribution in [0.1, 0.15) is 18.1 Å². The predicted molar refractivity (Wildman–Crippen MR) is 82.4 cm³/mol. The molecule has 1 aliphatic rings. The lowest BCUT2D eigenvalue weighted by atomic mass is 9.97. The zero-order chi connectivity index (χ0) is 14.4. The largest absolute Gasteiger partial charge is 0.383 e. The van der Waals surface area contributed by atoms with Gasteiger partial charge in [0.2, 0.25) is 0 Å². The molecule has 4 heteroatoms. The first-order valence-electron chi connectivity index (χ1n) is 7.34. The lowest BCUT2D eigenvalue weighted by molar-refractivity contribution is 0.171. The highest BCUT2D eigenvalue weighted by Crippen LogP contribution is 2.28. The Bertz CT molecular complexity index is 423. The molecule has 1 atom stereocenters. The number of rotatable bonds is 7. The highest BCUT2D eigenvalue weighted by molar-refractivity contribution is 5.58. The number of nitrogens with zero attached hydrogens (tertiary/aromatic N) is 1. The molecule has 0 fully saturated rings. The third-order valence-corrected chi connectivity index (χ3v) is 3.90. The molecule has 112 valence electrons. The van der Waals surface area contributed by atoms with Gasteiger partial charge in [-0.1, -0.05) is 12.1 Å². The molecule has 1 aromatic rings. The fourth-order valence-corrected chi connectivity index (χ4v) is 2.88. The topological polar surface area (TPSA) is 33.7 Å². The highest BCUT2D eigenvalue weighted by atomic mass is 16.5. The van der Waals surface area contributed by atoms with E-state index in [2.05, 4.69) is 35.3 Å². The van der Waals surface area contributed by atoms with E-state index in [9.17, 15) is 0 Å². The van der Waals surface area contributed by atoms with Gasteiger partial charge in [0.1, 0.15) is 0 Å². The van der Waals surface area contributed by atoms with Gasteiger partial charge in [-0.25, -0.2) is 0 Å². The van der Waals surface area contributed by atoms with Crippen molar-refractivity contribution in [1.82, 2.24) is 5.32 Å². The Kier molecular flexibility index (Phi) is 5.83. The monoisotopic (exact) mass is 278 g/mol. The number of benzene rings is 1. The van der Waals surface area contributed by atoms with Crippen LogP contribution in [0.25, 0.3) is 0 Å².